The minimum Gasteiger partial charge on any atom is -0.382 e. The number of halogens is 1. The molecule has 92 valence electrons. The number of carbonyl (C=O) groups is 1. The number of amides is 1. The summed E-state index contributed by atoms with van der Waals surface area (Å²) in [4.78, 5) is 19.4. The third kappa shape index (κ3) is 2.95. The summed E-state index contributed by atoms with van der Waals surface area (Å²) in [6.07, 6.45) is 2.67. The molecule has 3 N–H and O–H groups in total. The molecule has 0 aliphatic carbocycles. The maximum Gasteiger partial charge on any atom is 0.271 e. The van der Waals surface area contributed by atoms with E-state index in [9.17, 15) is 4.79 Å². The highest BCUT2D eigenvalue weighted by Crippen LogP contribution is 2.14. The smallest absolute Gasteiger partial charge is 0.271 e. The maximum absolute atomic E-state index is 11.7. The fourth-order valence-electron chi connectivity index (χ4n) is 1.36. The first-order valence-corrected chi connectivity index (χ1v) is 5.64. The van der Waals surface area contributed by atoms with E-state index in [4.69, 9.17) is 17.3 Å². The molecule has 1 amide bonds. The van der Waals surface area contributed by atoms with Crippen molar-refractivity contribution in [3.05, 3.63) is 52.9 Å². The molecule has 0 aliphatic heterocycles. The minimum atomic E-state index is -0.317. The van der Waals surface area contributed by atoms with E-state index in [1.54, 1.807) is 6.07 Å². The van der Waals surface area contributed by atoms with E-state index in [0.29, 0.717) is 11.6 Å². The van der Waals surface area contributed by atoms with Crippen LogP contribution in [-0.4, -0.2) is 15.9 Å². The number of rotatable bonds is 3. The van der Waals surface area contributed by atoms with Crippen LogP contribution in [0.3, 0.4) is 0 Å². The standard InChI is InChI=1S/C12H11ClN4O/c13-9-4-2-1-3-8(9)5-17-12(18)10-6-16-11(14)7-15-10/h1-4,6-7H,5H2,(H2,14,16)(H,17,18). The van der Waals surface area contributed by atoms with Crippen molar-refractivity contribution in [1.82, 2.24) is 15.3 Å². The number of nitrogens with two attached hydrogens (primary N) is 1. The molecular formula is C12H11ClN4O. The molecule has 0 saturated carbocycles. The van der Waals surface area contributed by atoms with Crippen LogP contribution in [0.4, 0.5) is 5.82 Å². The molecule has 1 aromatic carbocycles. The molecule has 2 aromatic rings. The SMILES string of the molecule is Nc1cnc(C(=O)NCc2ccccc2Cl)cn1. The van der Waals surface area contributed by atoms with Crippen LogP contribution < -0.4 is 11.1 Å². The van der Waals surface area contributed by atoms with Gasteiger partial charge in [0.15, 0.2) is 0 Å². The van der Waals surface area contributed by atoms with Crippen molar-refractivity contribution in [2.75, 3.05) is 5.73 Å². The topological polar surface area (TPSA) is 80.9 Å². The summed E-state index contributed by atoms with van der Waals surface area (Å²) in [7, 11) is 0. The number of nitrogens with one attached hydrogen (secondary N) is 1. The molecule has 0 unspecified atom stereocenters. The Morgan fingerprint density at radius 2 is 2.06 bits per heavy atom. The average Bonchev–Trinajstić information content (AvgIpc) is 2.38. The molecule has 5 nitrogen and oxygen atoms in total. The van der Waals surface area contributed by atoms with Crippen molar-refractivity contribution in [1.29, 1.82) is 0 Å². The van der Waals surface area contributed by atoms with Gasteiger partial charge < -0.3 is 11.1 Å². The molecule has 0 aliphatic rings. The molecule has 0 bridgehead atoms. The summed E-state index contributed by atoms with van der Waals surface area (Å²) in [6.45, 7) is 0.338. The Balaban J connectivity index is 2.01. The molecule has 18 heavy (non-hydrogen) atoms. The van der Waals surface area contributed by atoms with Gasteiger partial charge in [-0.05, 0) is 11.6 Å². The quantitative estimate of drug-likeness (QED) is 0.881. The van der Waals surface area contributed by atoms with Crippen LogP contribution in [0.5, 0.6) is 0 Å². The van der Waals surface area contributed by atoms with Gasteiger partial charge in [0.05, 0.1) is 12.4 Å². The Bertz CT molecular complexity index is 556. The second-order valence-electron chi connectivity index (χ2n) is 3.60. The molecule has 0 atom stereocenters. The highest BCUT2D eigenvalue weighted by molar-refractivity contribution is 6.31. The lowest BCUT2D eigenvalue weighted by atomic mass is 10.2. The molecular weight excluding hydrogens is 252 g/mol. The normalized spacial score (nSPS) is 10.1. The van der Waals surface area contributed by atoms with E-state index < -0.39 is 0 Å². The van der Waals surface area contributed by atoms with E-state index in [1.165, 1.54) is 12.4 Å². The number of hydrogen-bond donors (Lipinski definition) is 2. The zero-order chi connectivity index (χ0) is 13.0. The predicted octanol–water partition coefficient (Wildman–Crippen LogP) is 1.64. The van der Waals surface area contributed by atoms with Crippen LogP contribution in [0.15, 0.2) is 36.7 Å². The Labute approximate surface area is 109 Å². The fraction of sp³-hybridized carbons (Fsp3) is 0.0833. The van der Waals surface area contributed by atoms with Gasteiger partial charge in [0.2, 0.25) is 0 Å². The average molecular weight is 263 g/mol. The summed E-state index contributed by atoms with van der Waals surface area (Å²) in [6, 6.07) is 7.30. The summed E-state index contributed by atoms with van der Waals surface area (Å²) >= 11 is 5.98. The molecule has 2 rings (SSSR count). The minimum absolute atomic E-state index is 0.219. The second-order valence-corrected chi connectivity index (χ2v) is 4.01. The lowest BCUT2D eigenvalue weighted by Gasteiger charge is -2.06. The van der Waals surface area contributed by atoms with Crippen LogP contribution >= 0.6 is 11.6 Å². The van der Waals surface area contributed by atoms with Gasteiger partial charge in [0.1, 0.15) is 11.5 Å². The van der Waals surface area contributed by atoms with E-state index in [0.717, 1.165) is 5.56 Å². The monoisotopic (exact) mass is 262 g/mol. The van der Waals surface area contributed by atoms with E-state index in [-0.39, 0.29) is 17.4 Å². The lowest BCUT2D eigenvalue weighted by molar-refractivity contribution is 0.0945. The Kier molecular flexibility index (Phi) is 3.74. The van der Waals surface area contributed by atoms with E-state index >= 15 is 0 Å². The van der Waals surface area contributed by atoms with Gasteiger partial charge in [-0.3, -0.25) is 4.79 Å². The van der Waals surface area contributed by atoms with Gasteiger partial charge in [0, 0.05) is 11.6 Å². The molecule has 0 fully saturated rings. The van der Waals surface area contributed by atoms with Gasteiger partial charge in [0.25, 0.3) is 5.91 Å². The zero-order valence-electron chi connectivity index (χ0n) is 9.43. The third-order valence-corrected chi connectivity index (χ3v) is 2.67. The summed E-state index contributed by atoms with van der Waals surface area (Å²) in [5.41, 5.74) is 6.45. The fourth-order valence-corrected chi connectivity index (χ4v) is 1.57. The predicted molar refractivity (Wildman–Crippen MR) is 69.1 cm³/mol. The van der Waals surface area contributed by atoms with Gasteiger partial charge in [-0.25, -0.2) is 9.97 Å². The molecule has 1 heterocycles. The molecule has 0 spiro atoms. The number of anilines is 1. The van der Waals surface area contributed by atoms with Gasteiger partial charge in [-0.1, -0.05) is 29.8 Å². The van der Waals surface area contributed by atoms with Gasteiger partial charge in [-0.2, -0.15) is 0 Å². The molecule has 1 aromatic heterocycles. The molecule has 0 radical (unpaired) electrons. The van der Waals surface area contributed by atoms with Crippen molar-refractivity contribution in [3.63, 3.8) is 0 Å². The van der Waals surface area contributed by atoms with Crippen LogP contribution in [-0.2, 0) is 6.54 Å². The molecule has 6 heteroatoms. The lowest BCUT2D eigenvalue weighted by Crippen LogP contribution is -2.24. The number of nitrogens with zero attached hydrogens (tertiary/aromatic N) is 2. The summed E-state index contributed by atoms with van der Waals surface area (Å²) in [5, 5.41) is 3.32. The summed E-state index contributed by atoms with van der Waals surface area (Å²) in [5.74, 6) is -0.0416. The van der Waals surface area contributed by atoms with Crippen LogP contribution in [0.1, 0.15) is 16.1 Å². The van der Waals surface area contributed by atoms with Crippen molar-refractivity contribution < 1.29 is 4.79 Å². The number of carbonyl (C=O) groups excluding carboxylic acids is 1. The van der Waals surface area contributed by atoms with Crippen molar-refractivity contribution in [3.8, 4) is 0 Å². The third-order valence-electron chi connectivity index (χ3n) is 2.30. The molecule has 0 saturated heterocycles. The van der Waals surface area contributed by atoms with E-state index in [2.05, 4.69) is 15.3 Å². The van der Waals surface area contributed by atoms with E-state index in [1.807, 2.05) is 18.2 Å². The van der Waals surface area contributed by atoms with Gasteiger partial charge in [-0.15, -0.1) is 0 Å². The van der Waals surface area contributed by atoms with Crippen LogP contribution in [0.2, 0.25) is 5.02 Å². The first-order valence-electron chi connectivity index (χ1n) is 5.26. The largest absolute Gasteiger partial charge is 0.382 e. The number of hydrogen-bond acceptors (Lipinski definition) is 4. The van der Waals surface area contributed by atoms with Crippen molar-refractivity contribution >= 4 is 23.3 Å². The Hall–Kier alpha value is -2.14. The maximum atomic E-state index is 11.7. The highest BCUT2D eigenvalue weighted by atomic mass is 35.5. The highest BCUT2D eigenvalue weighted by Gasteiger charge is 2.08. The number of benzene rings is 1. The zero-order valence-corrected chi connectivity index (χ0v) is 10.2. The van der Waals surface area contributed by atoms with Crippen LogP contribution in [0.25, 0.3) is 0 Å². The summed E-state index contributed by atoms with van der Waals surface area (Å²) < 4.78 is 0. The Morgan fingerprint density at radius 1 is 1.28 bits per heavy atom. The number of nitrogen functional groups attached to an aromatic ring is 1. The van der Waals surface area contributed by atoms with Crippen molar-refractivity contribution in [2.24, 2.45) is 0 Å². The first-order chi connectivity index (χ1) is 8.66. The number of aromatic nitrogens is 2. The Morgan fingerprint density at radius 3 is 2.72 bits per heavy atom. The first kappa shape index (κ1) is 12.3. The van der Waals surface area contributed by atoms with Crippen molar-refractivity contribution in [2.45, 2.75) is 6.54 Å². The second kappa shape index (κ2) is 5.46. The van der Waals surface area contributed by atoms with Crippen LogP contribution in [0, 0.1) is 0 Å². The van der Waals surface area contributed by atoms with Gasteiger partial charge >= 0.3 is 0 Å².